The summed E-state index contributed by atoms with van der Waals surface area (Å²) in [5, 5.41) is 5.54. The van der Waals surface area contributed by atoms with E-state index in [0.29, 0.717) is 40.2 Å². The van der Waals surface area contributed by atoms with Crippen LogP contribution in [0, 0.1) is 5.92 Å². The van der Waals surface area contributed by atoms with Gasteiger partial charge < -0.3 is 16.0 Å². The second kappa shape index (κ2) is 8.86. The van der Waals surface area contributed by atoms with Gasteiger partial charge >= 0.3 is 0 Å². The fourth-order valence-corrected chi connectivity index (χ4v) is 4.14. The van der Waals surface area contributed by atoms with E-state index in [4.69, 9.17) is 17.3 Å². The SMILES string of the molecule is CC1CC(CN)CN1C(=O)c1ccsc1NC(=O)c1ccccc1Cl.Cl. The number of amides is 2. The lowest BCUT2D eigenvalue weighted by Crippen LogP contribution is -2.34. The number of rotatable bonds is 4. The molecule has 2 atom stereocenters. The highest BCUT2D eigenvalue weighted by atomic mass is 35.5. The van der Waals surface area contributed by atoms with Crippen LogP contribution in [0.3, 0.4) is 0 Å². The summed E-state index contributed by atoms with van der Waals surface area (Å²) in [6.07, 6.45) is 0.910. The zero-order chi connectivity index (χ0) is 18.0. The summed E-state index contributed by atoms with van der Waals surface area (Å²) in [5.41, 5.74) is 6.64. The lowest BCUT2D eigenvalue weighted by Gasteiger charge is -2.21. The Morgan fingerprint density at radius 2 is 2.04 bits per heavy atom. The summed E-state index contributed by atoms with van der Waals surface area (Å²) in [4.78, 5) is 27.2. The van der Waals surface area contributed by atoms with Crippen molar-refractivity contribution in [3.63, 3.8) is 0 Å². The van der Waals surface area contributed by atoms with Crippen LogP contribution in [0.2, 0.25) is 5.02 Å². The van der Waals surface area contributed by atoms with E-state index >= 15 is 0 Å². The molecule has 26 heavy (non-hydrogen) atoms. The maximum atomic E-state index is 12.9. The lowest BCUT2D eigenvalue weighted by atomic mass is 10.1. The predicted molar refractivity (Wildman–Crippen MR) is 109 cm³/mol. The summed E-state index contributed by atoms with van der Waals surface area (Å²) in [6, 6.07) is 8.73. The fourth-order valence-electron chi connectivity index (χ4n) is 3.14. The Hall–Kier alpha value is -1.60. The monoisotopic (exact) mass is 413 g/mol. The van der Waals surface area contributed by atoms with E-state index in [1.807, 2.05) is 11.8 Å². The van der Waals surface area contributed by atoms with Crippen LogP contribution in [0.4, 0.5) is 5.00 Å². The Kier molecular flexibility index (Phi) is 7.06. The third-order valence-corrected chi connectivity index (χ3v) is 5.66. The van der Waals surface area contributed by atoms with Crippen molar-refractivity contribution in [1.82, 2.24) is 4.90 Å². The minimum atomic E-state index is -0.323. The van der Waals surface area contributed by atoms with Crippen LogP contribution in [0.5, 0.6) is 0 Å². The fraction of sp³-hybridized carbons (Fsp3) is 0.333. The molecule has 2 heterocycles. The average Bonchev–Trinajstić information content (AvgIpc) is 3.21. The van der Waals surface area contributed by atoms with Crippen LogP contribution in [0.15, 0.2) is 35.7 Å². The predicted octanol–water partition coefficient (Wildman–Crippen LogP) is 3.88. The van der Waals surface area contributed by atoms with Crippen molar-refractivity contribution in [3.05, 3.63) is 51.9 Å². The lowest BCUT2D eigenvalue weighted by molar-refractivity contribution is 0.0745. The highest BCUT2D eigenvalue weighted by molar-refractivity contribution is 7.14. The van der Waals surface area contributed by atoms with Crippen molar-refractivity contribution in [2.75, 3.05) is 18.4 Å². The van der Waals surface area contributed by atoms with Crippen molar-refractivity contribution in [1.29, 1.82) is 0 Å². The normalized spacial score (nSPS) is 19.1. The minimum Gasteiger partial charge on any atom is -0.336 e. The zero-order valence-corrected chi connectivity index (χ0v) is 16.7. The number of anilines is 1. The van der Waals surface area contributed by atoms with Crippen molar-refractivity contribution in [2.24, 2.45) is 11.7 Å². The van der Waals surface area contributed by atoms with Gasteiger partial charge in [-0.2, -0.15) is 0 Å². The molecule has 1 aliphatic heterocycles. The molecule has 0 aliphatic carbocycles. The highest BCUT2D eigenvalue weighted by Gasteiger charge is 2.33. The molecular weight excluding hydrogens is 393 g/mol. The largest absolute Gasteiger partial charge is 0.336 e. The van der Waals surface area contributed by atoms with E-state index in [2.05, 4.69) is 5.32 Å². The third-order valence-electron chi connectivity index (χ3n) is 4.50. The summed E-state index contributed by atoms with van der Waals surface area (Å²) >= 11 is 7.40. The number of carbonyl (C=O) groups is 2. The van der Waals surface area contributed by atoms with Gasteiger partial charge in [-0.25, -0.2) is 0 Å². The first-order valence-corrected chi connectivity index (χ1v) is 9.41. The summed E-state index contributed by atoms with van der Waals surface area (Å²) in [7, 11) is 0. The number of hydrogen-bond acceptors (Lipinski definition) is 4. The van der Waals surface area contributed by atoms with Gasteiger partial charge in [0.25, 0.3) is 11.8 Å². The van der Waals surface area contributed by atoms with Gasteiger partial charge in [-0.15, -0.1) is 23.7 Å². The van der Waals surface area contributed by atoms with E-state index in [0.717, 1.165) is 6.42 Å². The number of likely N-dealkylation sites (tertiary alicyclic amines) is 1. The smallest absolute Gasteiger partial charge is 0.257 e. The van der Waals surface area contributed by atoms with Crippen molar-refractivity contribution in [2.45, 2.75) is 19.4 Å². The van der Waals surface area contributed by atoms with Gasteiger partial charge in [-0.05, 0) is 49.4 Å². The Morgan fingerprint density at radius 3 is 2.69 bits per heavy atom. The Morgan fingerprint density at radius 1 is 1.31 bits per heavy atom. The minimum absolute atomic E-state index is 0. The van der Waals surface area contributed by atoms with E-state index < -0.39 is 0 Å². The zero-order valence-electron chi connectivity index (χ0n) is 14.3. The molecule has 2 amide bonds. The molecule has 0 spiro atoms. The number of carbonyl (C=O) groups excluding carboxylic acids is 2. The number of benzene rings is 1. The van der Waals surface area contributed by atoms with Crippen LogP contribution in [0.1, 0.15) is 34.1 Å². The van der Waals surface area contributed by atoms with Crippen LogP contribution < -0.4 is 11.1 Å². The van der Waals surface area contributed by atoms with E-state index in [-0.39, 0.29) is 30.3 Å². The van der Waals surface area contributed by atoms with E-state index in [9.17, 15) is 9.59 Å². The maximum absolute atomic E-state index is 12.9. The highest BCUT2D eigenvalue weighted by Crippen LogP contribution is 2.30. The molecular formula is C18H21Cl2N3O2S. The van der Waals surface area contributed by atoms with Gasteiger partial charge in [0, 0.05) is 12.6 Å². The Bertz CT molecular complexity index is 796. The number of nitrogens with one attached hydrogen (secondary N) is 1. The van der Waals surface area contributed by atoms with Crippen LogP contribution >= 0.6 is 35.3 Å². The number of nitrogens with zero attached hydrogens (tertiary/aromatic N) is 1. The van der Waals surface area contributed by atoms with Gasteiger partial charge in [0.2, 0.25) is 0 Å². The van der Waals surface area contributed by atoms with Gasteiger partial charge in [-0.1, -0.05) is 23.7 Å². The summed E-state index contributed by atoms with van der Waals surface area (Å²) < 4.78 is 0. The van der Waals surface area contributed by atoms with Crippen molar-refractivity contribution >= 4 is 52.2 Å². The van der Waals surface area contributed by atoms with Gasteiger partial charge in [0.05, 0.1) is 16.1 Å². The summed E-state index contributed by atoms with van der Waals surface area (Å²) in [5.74, 6) is -0.0608. The molecule has 0 bridgehead atoms. The molecule has 1 fully saturated rings. The Labute approximate surface area is 167 Å². The van der Waals surface area contributed by atoms with Gasteiger partial charge in [0.1, 0.15) is 5.00 Å². The second-order valence-corrected chi connectivity index (χ2v) is 7.56. The molecule has 1 aliphatic rings. The first-order chi connectivity index (χ1) is 12.0. The average molecular weight is 414 g/mol. The van der Waals surface area contributed by atoms with Gasteiger partial charge in [-0.3, -0.25) is 9.59 Å². The van der Waals surface area contributed by atoms with Crippen LogP contribution in [-0.4, -0.2) is 35.8 Å². The third kappa shape index (κ3) is 4.20. The molecule has 140 valence electrons. The molecule has 5 nitrogen and oxygen atoms in total. The number of hydrogen-bond donors (Lipinski definition) is 2. The molecule has 2 aromatic rings. The number of halogens is 2. The molecule has 1 aromatic carbocycles. The molecule has 8 heteroatoms. The quantitative estimate of drug-likeness (QED) is 0.797. The number of thiophene rings is 1. The first-order valence-electron chi connectivity index (χ1n) is 8.15. The molecule has 0 saturated carbocycles. The standard InChI is InChI=1S/C18H20ClN3O2S.ClH/c1-11-8-12(9-20)10-22(11)18(24)14-6-7-25-17(14)21-16(23)13-4-2-3-5-15(13)19;/h2-7,11-12H,8-10,20H2,1H3,(H,21,23);1H. The van der Waals surface area contributed by atoms with Crippen LogP contribution in [0.25, 0.3) is 0 Å². The Balaban J connectivity index is 0.00000243. The van der Waals surface area contributed by atoms with Crippen molar-refractivity contribution < 1.29 is 9.59 Å². The first kappa shape index (κ1) is 20.7. The van der Waals surface area contributed by atoms with Gasteiger partial charge in [0.15, 0.2) is 0 Å². The van der Waals surface area contributed by atoms with Crippen molar-refractivity contribution in [3.8, 4) is 0 Å². The van der Waals surface area contributed by atoms with E-state index in [1.54, 1.807) is 35.7 Å². The molecule has 3 N–H and O–H groups in total. The molecule has 1 saturated heterocycles. The van der Waals surface area contributed by atoms with Crippen LogP contribution in [-0.2, 0) is 0 Å². The molecule has 1 aromatic heterocycles. The molecule has 3 rings (SSSR count). The maximum Gasteiger partial charge on any atom is 0.257 e. The molecule has 0 radical (unpaired) electrons. The molecule has 2 unspecified atom stereocenters. The number of nitrogens with two attached hydrogens (primary N) is 1. The van der Waals surface area contributed by atoms with E-state index in [1.165, 1.54) is 11.3 Å². The summed E-state index contributed by atoms with van der Waals surface area (Å²) in [6.45, 7) is 3.26. The second-order valence-electron chi connectivity index (χ2n) is 6.24. The topological polar surface area (TPSA) is 75.4 Å².